The third kappa shape index (κ3) is 1.22. The Labute approximate surface area is 77.8 Å². The van der Waals surface area contributed by atoms with E-state index in [-0.39, 0.29) is 6.61 Å². The Balaban J connectivity index is 2.65. The molecule has 0 aromatic heterocycles. The van der Waals surface area contributed by atoms with Crippen LogP contribution in [0.15, 0.2) is 6.07 Å². The number of aliphatic hydroxyl groups excluding tert-OH is 1. The van der Waals surface area contributed by atoms with Crippen molar-refractivity contribution in [2.45, 2.75) is 32.8 Å². The van der Waals surface area contributed by atoms with Crippen molar-refractivity contribution in [1.29, 1.82) is 0 Å². The number of aliphatic hydroxyl groups is 1. The van der Waals surface area contributed by atoms with Gasteiger partial charge in [-0.1, -0.05) is 0 Å². The number of rotatable bonds is 1. The van der Waals surface area contributed by atoms with Gasteiger partial charge in [0.1, 0.15) is 5.75 Å². The molecule has 1 aliphatic rings. The predicted molar refractivity (Wildman–Crippen MR) is 50.8 cm³/mol. The molecular weight excluding hydrogens is 164 g/mol. The highest BCUT2D eigenvalue weighted by Gasteiger charge is 2.19. The van der Waals surface area contributed by atoms with E-state index in [4.69, 9.17) is 0 Å². The number of hydrogen-bond donors (Lipinski definition) is 2. The summed E-state index contributed by atoms with van der Waals surface area (Å²) < 4.78 is 0. The minimum atomic E-state index is 0.0917. The molecule has 0 unspecified atom stereocenters. The number of phenolic OH excluding ortho intramolecular Hbond substituents is 1. The number of phenols is 1. The summed E-state index contributed by atoms with van der Waals surface area (Å²) in [4.78, 5) is 0. The molecule has 2 nitrogen and oxygen atoms in total. The molecule has 2 N–H and O–H groups in total. The van der Waals surface area contributed by atoms with Crippen LogP contribution >= 0.6 is 0 Å². The van der Waals surface area contributed by atoms with Crippen LogP contribution in [0, 0.1) is 6.92 Å². The van der Waals surface area contributed by atoms with Gasteiger partial charge < -0.3 is 10.2 Å². The van der Waals surface area contributed by atoms with Crippen LogP contribution in [0.5, 0.6) is 5.75 Å². The Bertz CT molecular complexity index is 342. The molecule has 13 heavy (non-hydrogen) atoms. The van der Waals surface area contributed by atoms with Crippen LogP contribution in [0.2, 0.25) is 0 Å². The van der Waals surface area contributed by atoms with Gasteiger partial charge in [0, 0.05) is 0 Å². The van der Waals surface area contributed by atoms with E-state index < -0.39 is 0 Å². The normalized spacial score (nSPS) is 14.6. The van der Waals surface area contributed by atoms with Crippen LogP contribution in [-0.2, 0) is 19.4 Å². The van der Waals surface area contributed by atoms with Crippen molar-refractivity contribution in [1.82, 2.24) is 0 Å². The lowest BCUT2D eigenvalue weighted by molar-refractivity contribution is 0.279. The molecule has 0 saturated heterocycles. The second kappa shape index (κ2) is 3.04. The maximum atomic E-state index is 9.65. The molecule has 2 heteroatoms. The van der Waals surface area contributed by atoms with Gasteiger partial charge in [0.05, 0.1) is 6.61 Å². The summed E-state index contributed by atoms with van der Waals surface area (Å²) in [7, 11) is 0. The van der Waals surface area contributed by atoms with Gasteiger partial charge in [-0.2, -0.15) is 0 Å². The minimum Gasteiger partial charge on any atom is -0.508 e. The average molecular weight is 178 g/mol. The van der Waals surface area contributed by atoms with E-state index in [9.17, 15) is 10.2 Å². The zero-order valence-corrected chi connectivity index (χ0v) is 7.80. The highest BCUT2D eigenvalue weighted by molar-refractivity contribution is 5.50. The molecule has 2 rings (SSSR count). The maximum absolute atomic E-state index is 9.65. The highest BCUT2D eigenvalue weighted by Crippen LogP contribution is 2.34. The smallest absolute Gasteiger partial charge is 0.119 e. The minimum absolute atomic E-state index is 0.0917. The van der Waals surface area contributed by atoms with Crippen molar-refractivity contribution in [3.05, 3.63) is 28.3 Å². The van der Waals surface area contributed by atoms with E-state index in [1.165, 1.54) is 5.56 Å². The zero-order valence-electron chi connectivity index (χ0n) is 7.80. The van der Waals surface area contributed by atoms with Crippen LogP contribution in [0.25, 0.3) is 0 Å². The topological polar surface area (TPSA) is 40.5 Å². The van der Waals surface area contributed by atoms with Gasteiger partial charge in [0.25, 0.3) is 0 Å². The molecule has 70 valence electrons. The quantitative estimate of drug-likeness (QED) is 0.687. The van der Waals surface area contributed by atoms with Crippen molar-refractivity contribution in [2.24, 2.45) is 0 Å². The van der Waals surface area contributed by atoms with Crippen LogP contribution in [0.4, 0.5) is 0 Å². The molecule has 0 amide bonds. The molecular formula is C11H14O2. The molecule has 0 spiro atoms. The predicted octanol–water partition coefficient (Wildman–Crippen LogP) is 1.68. The zero-order chi connectivity index (χ0) is 9.42. The molecule has 1 aromatic rings. The summed E-state index contributed by atoms with van der Waals surface area (Å²) in [5.41, 5.74) is 4.25. The van der Waals surface area contributed by atoms with E-state index in [0.717, 1.165) is 36.0 Å². The fourth-order valence-electron chi connectivity index (χ4n) is 2.20. The van der Waals surface area contributed by atoms with E-state index in [1.54, 1.807) is 6.07 Å². The largest absolute Gasteiger partial charge is 0.508 e. The van der Waals surface area contributed by atoms with Gasteiger partial charge in [-0.15, -0.1) is 0 Å². The Kier molecular flexibility index (Phi) is 2.00. The monoisotopic (exact) mass is 178 g/mol. The number of benzene rings is 1. The van der Waals surface area contributed by atoms with Crippen molar-refractivity contribution < 1.29 is 10.2 Å². The molecule has 0 saturated carbocycles. The summed E-state index contributed by atoms with van der Waals surface area (Å²) in [5.74, 6) is 0.405. The third-order valence-corrected chi connectivity index (χ3v) is 2.88. The molecule has 1 aliphatic carbocycles. The van der Waals surface area contributed by atoms with E-state index in [2.05, 4.69) is 0 Å². The van der Waals surface area contributed by atoms with Crippen LogP contribution in [0.1, 0.15) is 28.7 Å². The number of fused-ring (bicyclic) bond motifs is 1. The molecule has 0 heterocycles. The van der Waals surface area contributed by atoms with Crippen LogP contribution in [0.3, 0.4) is 0 Å². The first-order valence-electron chi connectivity index (χ1n) is 4.68. The standard InChI is InChI=1S/C11H14O2/c1-7-5-11(13)9-4-2-3-8(9)10(7)6-12/h5,12-13H,2-4,6H2,1H3. The lowest BCUT2D eigenvalue weighted by Gasteiger charge is -2.11. The van der Waals surface area contributed by atoms with Gasteiger partial charge in [0.2, 0.25) is 0 Å². The van der Waals surface area contributed by atoms with E-state index in [0.29, 0.717) is 5.75 Å². The SMILES string of the molecule is Cc1cc(O)c2c(c1CO)CCC2. The van der Waals surface area contributed by atoms with Crippen molar-refractivity contribution >= 4 is 0 Å². The second-order valence-electron chi connectivity index (χ2n) is 3.66. The first kappa shape index (κ1) is 8.57. The summed E-state index contributed by atoms with van der Waals surface area (Å²) in [6, 6.07) is 1.76. The third-order valence-electron chi connectivity index (χ3n) is 2.88. The van der Waals surface area contributed by atoms with E-state index >= 15 is 0 Å². The summed E-state index contributed by atoms with van der Waals surface area (Å²) in [5, 5.41) is 18.8. The maximum Gasteiger partial charge on any atom is 0.119 e. The lowest BCUT2D eigenvalue weighted by Crippen LogP contribution is -1.97. The summed E-state index contributed by atoms with van der Waals surface area (Å²) >= 11 is 0. The number of aromatic hydroxyl groups is 1. The molecule has 0 bridgehead atoms. The molecule has 1 aromatic carbocycles. The molecule has 0 atom stereocenters. The molecule has 0 radical (unpaired) electrons. The Morgan fingerprint density at radius 1 is 1.31 bits per heavy atom. The number of aryl methyl sites for hydroxylation is 1. The fraction of sp³-hybridized carbons (Fsp3) is 0.455. The Hall–Kier alpha value is -1.02. The van der Waals surface area contributed by atoms with Crippen molar-refractivity contribution in [3.63, 3.8) is 0 Å². The summed E-state index contributed by atoms with van der Waals surface area (Å²) in [6.45, 7) is 2.03. The number of hydrogen-bond acceptors (Lipinski definition) is 2. The van der Waals surface area contributed by atoms with Gasteiger partial charge in [0.15, 0.2) is 0 Å². The first-order valence-corrected chi connectivity index (χ1v) is 4.68. The van der Waals surface area contributed by atoms with Crippen molar-refractivity contribution in [2.75, 3.05) is 0 Å². The molecule has 0 aliphatic heterocycles. The van der Waals surface area contributed by atoms with Gasteiger partial charge >= 0.3 is 0 Å². The van der Waals surface area contributed by atoms with Crippen LogP contribution < -0.4 is 0 Å². The fourth-order valence-corrected chi connectivity index (χ4v) is 2.20. The second-order valence-corrected chi connectivity index (χ2v) is 3.66. The van der Waals surface area contributed by atoms with Gasteiger partial charge in [-0.3, -0.25) is 0 Å². The first-order chi connectivity index (χ1) is 6.24. The average Bonchev–Trinajstić information content (AvgIpc) is 2.53. The molecule has 0 fully saturated rings. The lowest BCUT2D eigenvalue weighted by atomic mass is 9.98. The Morgan fingerprint density at radius 2 is 2.00 bits per heavy atom. The van der Waals surface area contributed by atoms with Gasteiger partial charge in [-0.25, -0.2) is 0 Å². The Morgan fingerprint density at radius 3 is 2.69 bits per heavy atom. The highest BCUT2D eigenvalue weighted by atomic mass is 16.3. The van der Waals surface area contributed by atoms with Crippen LogP contribution in [-0.4, -0.2) is 10.2 Å². The summed E-state index contributed by atoms with van der Waals surface area (Å²) in [6.07, 6.45) is 3.05. The van der Waals surface area contributed by atoms with E-state index in [1.807, 2.05) is 6.92 Å². The van der Waals surface area contributed by atoms with Crippen molar-refractivity contribution in [3.8, 4) is 5.75 Å². The van der Waals surface area contributed by atoms with Gasteiger partial charge in [-0.05, 0) is 54.5 Å².